The van der Waals surface area contributed by atoms with Gasteiger partial charge in [-0.1, -0.05) is 35.3 Å². The zero-order valence-electron chi connectivity index (χ0n) is 28.0. The minimum absolute atomic E-state index is 0.0165. The molecule has 50 heavy (non-hydrogen) atoms. The number of likely N-dealkylation sites (N-methyl/N-ethyl adjacent to an activating group) is 1. The fourth-order valence-corrected chi connectivity index (χ4v) is 8.15. The van der Waals surface area contributed by atoms with Gasteiger partial charge in [0, 0.05) is 41.2 Å². The summed E-state index contributed by atoms with van der Waals surface area (Å²) in [5.41, 5.74) is 3.58. The summed E-state index contributed by atoms with van der Waals surface area (Å²) in [4.78, 5) is 27.8. The number of carboxylic acids is 1. The number of rotatable bonds is 10. The zero-order chi connectivity index (χ0) is 34.6. The van der Waals surface area contributed by atoms with Crippen LogP contribution in [-0.4, -0.2) is 89.1 Å². The third-order valence-corrected chi connectivity index (χ3v) is 11.1. The Kier molecular flexibility index (Phi) is 10.2. The van der Waals surface area contributed by atoms with E-state index in [0.29, 0.717) is 53.1 Å². The molecule has 3 aromatic heterocycles. The average Bonchev–Trinajstić information content (AvgIpc) is 3.73. The van der Waals surface area contributed by atoms with E-state index in [9.17, 15) is 14.3 Å². The van der Waals surface area contributed by atoms with Gasteiger partial charge in [0.05, 0.1) is 43.5 Å². The second-order valence-corrected chi connectivity index (χ2v) is 14.6. The molecule has 5 aromatic rings. The van der Waals surface area contributed by atoms with Crippen LogP contribution in [0.15, 0.2) is 42.5 Å². The minimum atomic E-state index is -1.09. The molecule has 0 atom stereocenters. The number of aromatic nitrogens is 4. The predicted octanol–water partition coefficient (Wildman–Crippen LogP) is 4.71. The third kappa shape index (κ3) is 7.56. The molecule has 1 fully saturated rings. The lowest BCUT2D eigenvalue weighted by Crippen LogP contribution is -3.11. The fraction of sp³-hybridized carbons (Fsp3) is 0.361. The Labute approximate surface area is 297 Å². The molecular formula is C36H38FN8O3S2+. The van der Waals surface area contributed by atoms with Crippen LogP contribution in [0.3, 0.4) is 0 Å². The van der Waals surface area contributed by atoms with Crippen molar-refractivity contribution in [3.63, 3.8) is 0 Å². The molecule has 14 heteroatoms. The predicted molar refractivity (Wildman–Crippen MR) is 194 cm³/mol. The van der Waals surface area contributed by atoms with E-state index in [4.69, 9.17) is 4.74 Å². The molecule has 2 aliphatic rings. The number of aromatic carboxylic acids is 1. The summed E-state index contributed by atoms with van der Waals surface area (Å²) in [7, 11) is 2.20. The summed E-state index contributed by atoms with van der Waals surface area (Å²) in [5.74, 6) is 6.15. The number of carboxylic acid groups (broad SMARTS) is 1. The van der Waals surface area contributed by atoms with Gasteiger partial charge in [0.15, 0.2) is 39.2 Å². The highest BCUT2D eigenvalue weighted by molar-refractivity contribution is 7.22. The summed E-state index contributed by atoms with van der Waals surface area (Å²) in [5, 5.41) is 23.7. The Morgan fingerprint density at radius 1 is 1.12 bits per heavy atom. The molecule has 5 heterocycles. The van der Waals surface area contributed by atoms with Crippen LogP contribution in [-0.2, 0) is 12.8 Å². The van der Waals surface area contributed by atoms with E-state index in [2.05, 4.69) is 49.3 Å². The van der Waals surface area contributed by atoms with Crippen LogP contribution in [0.25, 0.3) is 10.2 Å². The van der Waals surface area contributed by atoms with Crippen molar-refractivity contribution in [2.45, 2.75) is 32.6 Å². The number of hydrogen-bond donors (Lipinski definition) is 3. The van der Waals surface area contributed by atoms with Crippen LogP contribution in [0.5, 0.6) is 5.75 Å². The quantitative estimate of drug-likeness (QED) is 0.139. The first-order valence-corrected chi connectivity index (χ1v) is 18.4. The van der Waals surface area contributed by atoms with Crippen LogP contribution in [0.2, 0.25) is 0 Å². The third-order valence-electron chi connectivity index (χ3n) is 9.01. The zero-order valence-corrected chi connectivity index (χ0v) is 29.6. The summed E-state index contributed by atoms with van der Waals surface area (Å²) < 4.78 is 21.6. The van der Waals surface area contributed by atoms with Crippen molar-refractivity contribution >= 4 is 60.8 Å². The number of hydrogen-bond acceptors (Lipinski definition) is 11. The van der Waals surface area contributed by atoms with Gasteiger partial charge in [-0.2, -0.15) is 0 Å². The van der Waals surface area contributed by atoms with E-state index in [0.717, 1.165) is 65.5 Å². The lowest BCUT2D eigenvalue weighted by Gasteiger charge is -2.28. The van der Waals surface area contributed by atoms with Gasteiger partial charge in [-0.25, -0.2) is 19.2 Å². The molecule has 0 saturated carbocycles. The van der Waals surface area contributed by atoms with Crippen molar-refractivity contribution in [1.82, 2.24) is 25.1 Å². The first-order valence-electron chi connectivity index (χ1n) is 16.8. The van der Waals surface area contributed by atoms with Gasteiger partial charge in [0.2, 0.25) is 0 Å². The molecule has 0 amide bonds. The van der Waals surface area contributed by atoms with E-state index in [-0.39, 0.29) is 18.1 Å². The Morgan fingerprint density at radius 3 is 2.76 bits per heavy atom. The van der Waals surface area contributed by atoms with Gasteiger partial charge in [-0.3, -0.25) is 4.90 Å². The van der Waals surface area contributed by atoms with Crippen LogP contribution >= 0.6 is 22.7 Å². The number of thiazole rings is 2. The van der Waals surface area contributed by atoms with Crippen LogP contribution < -0.4 is 19.9 Å². The van der Waals surface area contributed by atoms with Gasteiger partial charge in [0.1, 0.15) is 0 Å². The van der Waals surface area contributed by atoms with E-state index >= 15 is 0 Å². The second kappa shape index (κ2) is 15.1. The number of nitrogens with one attached hydrogen (secondary N) is 2. The number of para-hydroxylation sites is 1. The summed E-state index contributed by atoms with van der Waals surface area (Å²) in [6.45, 7) is 7.82. The maximum absolute atomic E-state index is 14.8. The van der Waals surface area contributed by atoms with Crippen molar-refractivity contribution < 1.29 is 23.9 Å². The van der Waals surface area contributed by atoms with Crippen LogP contribution in [0.1, 0.15) is 44.9 Å². The molecule has 2 aliphatic heterocycles. The maximum atomic E-state index is 14.8. The largest absolute Gasteiger partial charge is 0.491 e. The highest BCUT2D eigenvalue weighted by Crippen LogP contribution is 2.39. The lowest BCUT2D eigenvalue weighted by atomic mass is 10.0. The number of carbonyl (C=O) groups is 1. The smallest absolute Gasteiger partial charge is 0.355 e. The normalized spacial score (nSPS) is 15.1. The highest BCUT2D eigenvalue weighted by Gasteiger charge is 2.28. The van der Waals surface area contributed by atoms with Crippen molar-refractivity contribution in [3.05, 3.63) is 75.5 Å². The van der Waals surface area contributed by atoms with Crippen molar-refractivity contribution in [1.29, 1.82) is 0 Å². The summed E-state index contributed by atoms with van der Waals surface area (Å²) in [6.07, 6.45) is 2.60. The molecule has 0 aliphatic carbocycles. The second-order valence-electron chi connectivity index (χ2n) is 12.5. The first-order chi connectivity index (χ1) is 24.3. The number of anilines is 4. The number of halogens is 1. The van der Waals surface area contributed by atoms with E-state index in [1.54, 1.807) is 23.5 Å². The first kappa shape index (κ1) is 33.8. The van der Waals surface area contributed by atoms with E-state index in [1.165, 1.54) is 22.3 Å². The monoisotopic (exact) mass is 713 g/mol. The van der Waals surface area contributed by atoms with E-state index < -0.39 is 11.8 Å². The number of benzene rings is 2. The van der Waals surface area contributed by atoms with Gasteiger partial charge < -0.3 is 25.0 Å². The maximum Gasteiger partial charge on any atom is 0.355 e. The highest BCUT2D eigenvalue weighted by atomic mass is 32.1. The van der Waals surface area contributed by atoms with Gasteiger partial charge in [0.25, 0.3) is 0 Å². The molecule has 258 valence electrons. The molecule has 0 spiro atoms. The number of ether oxygens (including phenoxy) is 1. The number of fused-ring (bicyclic) bond motifs is 2. The molecule has 3 N–H and O–H groups in total. The van der Waals surface area contributed by atoms with Crippen molar-refractivity contribution in [2.75, 3.05) is 63.1 Å². The standard InChI is InChI=1S/C36H37FN8O3S2/c1-23-25-9-6-16-45(33(25)42-41-32(23)40-35-38-27-10-3-4-11-29(27)49-35)36-39-31(34(46)47)30(50-36)12-7-21-48-28-14-13-24(22-26(28)37)8-5-15-44-19-17-43(2)18-20-44/h3-4,10-11,13-14,22H,6-7,9,12,15-21H2,1-2H3,(H,46,47)(H,38,40,41)/p+1. The van der Waals surface area contributed by atoms with Crippen molar-refractivity contribution in [2.24, 2.45) is 0 Å². The Bertz CT molecular complexity index is 2050. The SMILES string of the molecule is Cc1c(Nc2nc3ccccc3s2)nnc2c1CCCN2c1nc(C(=O)O)c(CCCOc2ccc(C#CCN3CC[NH+](C)CC3)cc2F)s1. The van der Waals surface area contributed by atoms with E-state index in [1.807, 2.05) is 36.1 Å². The number of aryl methyl sites for hydroxylation is 1. The van der Waals surface area contributed by atoms with Gasteiger partial charge in [-0.05, 0) is 62.9 Å². The number of nitrogens with zero attached hydrogens (tertiary/aromatic N) is 6. The molecule has 0 unspecified atom stereocenters. The molecule has 11 nitrogen and oxygen atoms in total. The van der Waals surface area contributed by atoms with Crippen LogP contribution in [0.4, 0.5) is 26.3 Å². The molecule has 7 rings (SSSR count). The average molecular weight is 714 g/mol. The summed E-state index contributed by atoms with van der Waals surface area (Å²) >= 11 is 2.89. The Morgan fingerprint density at radius 2 is 1.96 bits per heavy atom. The minimum Gasteiger partial charge on any atom is -0.491 e. The Balaban J connectivity index is 0.980. The van der Waals surface area contributed by atoms with Gasteiger partial charge in [-0.15, -0.1) is 21.5 Å². The summed E-state index contributed by atoms with van der Waals surface area (Å²) in [6, 6.07) is 12.7. The molecule has 0 bridgehead atoms. The van der Waals surface area contributed by atoms with Gasteiger partial charge >= 0.3 is 5.97 Å². The molecule has 1 saturated heterocycles. The fourth-order valence-electron chi connectivity index (χ4n) is 6.16. The molecule has 2 aromatic carbocycles. The molecular weight excluding hydrogens is 676 g/mol. The number of quaternary nitrogens is 1. The topological polar surface area (TPSA) is 121 Å². The van der Waals surface area contributed by atoms with Crippen molar-refractivity contribution in [3.8, 4) is 17.6 Å². The van der Waals surface area contributed by atoms with Crippen LogP contribution in [0, 0.1) is 24.6 Å². The Hall–Kier alpha value is -4.68. The number of piperazine rings is 1. The lowest BCUT2D eigenvalue weighted by molar-refractivity contribution is -0.884. The molecule has 0 radical (unpaired) electrons.